The molecule has 0 spiro atoms. The lowest BCUT2D eigenvalue weighted by molar-refractivity contribution is 0.0332. The Kier molecular flexibility index (Phi) is 8.09. The van der Waals surface area contributed by atoms with Crippen LogP contribution in [0.25, 0.3) is 21.9 Å². The number of piperidine rings is 1. The number of fused-ring (bicyclic) bond motifs is 1. The maximum Gasteiger partial charge on any atom is 0.169 e. The highest BCUT2D eigenvalue weighted by Crippen LogP contribution is 2.29. The van der Waals surface area contributed by atoms with Crippen LogP contribution in [0.4, 0.5) is 5.82 Å². The summed E-state index contributed by atoms with van der Waals surface area (Å²) in [7, 11) is 6.29. The van der Waals surface area contributed by atoms with Crippen LogP contribution >= 0.6 is 0 Å². The number of ether oxygens (including phenoxy) is 1. The van der Waals surface area contributed by atoms with Gasteiger partial charge in [0.1, 0.15) is 5.82 Å². The SMILES string of the molecule is CN(C)C1CCN(c2cc(C(=O)Cc3cc4cc(-c5cnn(C)c5CN5CCOCC5)ccc4cn3)ccn2)CC1. The van der Waals surface area contributed by atoms with E-state index in [9.17, 15) is 4.79 Å². The molecular weight excluding hydrogens is 514 g/mol. The summed E-state index contributed by atoms with van der Waals surface area (Å²) >= 11 is 0. The Hall–Kier alpha value is -3.66. The standard InChI is InChI=1S/C32H39N7O2/c1-36(2)28-7-10-39(11-8-28)32-18-24(6-9-33-32)31(40)19-27-17-26-16-23(4-5-25(26)20-34-27)29-21-35-37(3)30(29)22-38-12-14-41-15-13-38/h4-6,9,16-18,20-21,28H,7-8,10-15,19,22H2,1-3H3. The second-order valence-corrected chi connectivity index (χ2v) is 11.4. The molecule has 6 rings (SSSR count). The first-order chi connectivity index (χ1) is 19.9. The normalized spacial score (nSPS) is 17.0. The number of hydrogen-bond acceptors (Lipinski definition) is 8. The zero-order valence-electron chi connectivity index (χ0n) is 24.3. The minimum atomic E-state index is 0.0555. The first kappa shape index (κ1) is 27.5. The molecule has 5 heterocycles. The van der Waals surface area contributed by atoms with Crippen LogP contribution in [0.3, 0.4) is 0 Å². The summed E-state index contributed by atoms with van der Waals surface area (Å²) in [5, 5.41) is 6.69. The van der Waals surface area contributed by atoms with Crippen molar-refractivity contribution in [3.05, 3.63) is 71.9 Å². The molecule has 0 unspecified atom stereocenters. The maximum atomic E-state index is 13.3. The molecule has 214 valence electrons. The zero-order chi connectivity index (χ0) is 28.3. The number of ketones is 1. The monoisotopic (exact) mass is 553 g/mol. The van der Waals surface area contributed by atoms with Gasteiger partial charge in [0.25, 0.3) is 0 Å². The van der Waals surface area contributed by atoms with E-state index < -0.39 is 0 Å². The zero-order valence-corrected chi connectivity index (χ0v) is 24.3. The van der Waals surface area contributed by atoms with E-state index in [1.54, 1.807) is 6.20 Å². The summed E-state index contributed by atoms with van der Waals surface area (Å²) in [5.41, 5.74) is 4.89. The number of morpholine rings is 1. The van der Waals surface area contributed by atoms with Crippen LogP contribution < -0.4 is 4.90 Å². The lowest BCUT2D eigenvalue weighted by Crippen LogP contribution is -2.42. The fourth-order valence-corrected chi connectivity index (χ4v) is 5.96. The third-order valence-corrected chi connectivity index (χ3v) is 8.56. The van der Waals surface area contributed by atoms with Gasteiger partial charge in [-0.1, -0.05) is 12.1 Å². The highest BCUT2D eigenvalue weighted by molar-refractivity contribution is 5.98. The number of aromatic nitrogens is 4. The maximum absolute atomic E-state index is 13.3. The summed E-state index contributed by atoms with van der Waals surface area (Å²) in [6.07, 6.45) is 8.02. The van der Waals surface area contributed by atoms with Gasteiger partial charge in [-0.2, -0.15) is 5.10 Å². The number of nitrogens with zero attached hydrogens (tertiary/aromatic N) is 7. The van der Waals surface area contributed by atoms with Crippen LogP contribution in [0.15, 0.2) is 55.0 Å². The summed E-state index contributed by atoms with van der Waals surface area (Å²) in [6.45, 7) is 6.14. The molecule has 2 aliphatic heterocycles. The number of hydrogen-bond donors (Lipinski definition) is 0. The van der Waals surface area contributed by atoms with Crippen molar-refractivity contribution in [3.63, 3.8) is 0 Å². The molecule has 0 N–H and O–H groups in total. The quantitative estimate of drug-likeness (QED) is 0.305. The van der Waals surface area contributed by atoms with Gasteiger partial charge >= 0.3 is 0 Å². The molecule has 2 aliphatic rings. The van der Waals surface area contributed by atoms with Gasteiger partial charge < -0.3 is 14.5 Å². The molecule has 0 radical (unpaired) electrons. The smallest absolute Gasteiger partial charge is 0.169 e. The van der Waals surface area contributed by atoms with Crippen molar-refractivity contribution in [2.24, 2.45) is 7.05 Å². The molecule has 0 atom stereocenters. The van der Waals surface area contributed by atoms with Crippen molar-refractivity contribution < 1.29 is 9.53 Å². The summed E-state index contributed by atoms with van der Waals surface area (Å²) in [6, 6.07) is 12.8. The molecule has 9 nitrogen and oxygen atoms in total. The van der Waals surface area contributed by atoms with Crippen LogP contribution in [-0.4, -0.2) is 94.9 Å². The summed E-state index contributed by atoms with van der Waals surface area (Å²) in [5.74, 6) is 0.938. The van der Waals surface area contributed by atoms with Gasteiger partial charge in [-0.25, -0.2) is 4.98 Å². The van der Waals surface area contributed by atoms with E-state index in [4.69, 9.17) is 4.74 Å². The van der Waals surface area contributed by atoms with Crippen molar-refractivity contribution in [1.29, 1.82) is 0 Å². The van der Waals surface area contributed by atoms with E-state index in [2.05, 4.69) is 62.1 Å². The van der Waals surface area contributed by atoms with Gasteiger partial charge in [0, 0.05) is 80.4 Å². The van der Waals surface area contributed by atoms with Gasteiger partial charge in [-0.05, 0) is 62.2 Å². The van der Waals surface area contributed by atoms with E-state index in [0.29, 0.717) is 11.6 Å². The molecule has 9 heteroatoms. The Morgan fingerprint density at radius 2 is 1.78 bits per heavy atom. The Bertz CT molecular complexity index is 1520. The molecule has 0 aliphatic carbocycles. The highest BCUT2D eigenvalue weighted by atomic mass is 16.5. The average Bonchev–Trinajstić information content (AvgIpc) is 3.36. The molecule has 4 aromatic rings. The summed E-state index contributed by atoms with van der Waals surface area (Å²) in [4.78, 5) is 29.5. The van der Waals surface area contributed by atoms with Crippen LogP contribution in [-0.2, 0) is 24.8 Å². The van der Waals surface area contributed by atoms with E-state index in [1.165, 1.54) is 5.69 Å². The molecule has 0 saturated carbocycles. The molecule has 2 saturated heterocycles. The lowest BCUT2D eigenvalue weighted by Gasteiger charge is -2.35. The third kappa shape index (κ3) is 6.17. The Morgan fingerprint density at radius 1 is 0.976 bits per heavy atom. The van der Waals surface area contributed by atoms with Crippen molar-refractivity contribution >= 4 is 22.4 Å². The molecule has 1 aromatic carbocycles. The molecular formula is C32H39N7O2. The highest BCUT2D eigenvalue weighted by Gasteiger charge is 2.22. The van der Waals surface area contributed by atoms with Crippen LogP contribution in [0.2, 0.25) is 0 Å². The van der Waals surface area contributed by atoms with E-state index in [1.807, 2.05) is 42.3 Å². The number of pyridine rings is 2. The summed E-state index contributed by atoms with van der Waals surface area (Å²) < 4.78 is 7.49. The van der Waals surface area contributed by atoms with Crippen LogP contribution in [0.1, 0.15) is 34.6 Å². The first-order valence-corrected chi connectivity index (χ1v) is 14.6. The fourth-order valence-electron chi connectivity index (χ4n) is 5.96. The first-order valence-electron chi connectivity index (χ1n) is 14.6. The van der Waals surface area contributed by atoms with Gasteiger partial charge in [0.2, 0.25) is 0 Å². The van der Waals surface area contributed by atoms with Crippen molar-refractivity contribution in [1.82, 2.24) is 29.5 Å². The largest absolute Gasteiger partial charge is 0.379 e. The number of anilines is 1. The van der Waals surface area contributed by atoms with Gasteiger partial charge in [-0.15, -0.1) is 0 Å². The van der Waals surface area contributed by atoms with Crippen LogP contribution in [0.5, 0.6) is 0 Å². The minimum Gasteiger partial charge on any atom is -0.379 e. The Morgan fingerprint density at radius 3 is 2.56 bits per heavy atom. The molecule has 0 amide bonds. The number of aryl methyl sites for hydroxylation is 1. The van der Waals surface area contributed by atoms with Crippen molar-refractivity contribution in [3.8, 4) is 11.1 Å². The number of benzene rings is 1. The fraction of sp³-hybridized carbons (Fsp3) is 0.438. The topological polar surface area (TPSA) is 79.6 Å². The number of rotatable bonds is 8. The number of carbonyl (C=O) groups is 1. The molecule has 0 bridgehead atoms. The Balaban J connectivity index is 1.18. The average molecular weight is 554 g/mol. The van der Waals surface area contributed by atoms with E-state index in [0.717, 1.165) is 92.2 Å². The van der Waals surface area contributed by atoms with Gasteiger partial charge in [-0.3, -0.25) is 19.4 Å². The predicted molar refractivity (Wildman–Crippen MR) is 161 cm³/mol. The van der Waals surface area contributed by atoms with Crippen LogP contribution in [0, 0.1) is 0 Å². The van der Waals surface area contributed by atoms with E-state index in [-0.39, 0.29) is 12.2 Å². The number of carbonyl (C=O) groups excluding carboxylic acids is 1. The lowest BCUT2D eigenvalue weighted by atomic mass is 10.0. The predicted octanol–water partition coefficient (Wildman–Crippen LogP) is 3.82. The minimum absolute atomic E-state index is 0.0555. The third-order valence-electron chi connectivity index (χ3n) is 8.56. The van der Waals surface area contributed by atoms with E-state index >= 15 is 0 Å². The number of Topliss-reactive ketones (excluding diaryl/α,β-unsaturated/α-hetero) is 1. The second kappa shape index (κ2) is 12.1. The Labute approximate surface area is 241 Å². The molecule has 3 aromatic heterocycles. The van der Waals surface area contributed by atoms with Gasteiger partial charge in [0.05, 0.1) is 31.5 Å². The van der Waals surface area contributed by atoms with Gasteiger partial charge in [0.15, 0.2) is 5.78 Å². The van der Waals surface area contributed by atoms with Crippen molar-refractivity contribution in [2.45, 2.75) is 31.8 Å². The second-order valence-electron chi connectivity index (χ2n) is 11.4. The molecule has 2 fully saturated rings. The van der Waals surface area contributed by atoms with Crippen molar-refractivity contribution in [2.75, 3.05) is 58.4 Å². The molecule has 41 heavy (non-hydrogen) atoms.